The molecule has 1 aromatic rings. The molecule has 0 aliphatic heterocycles. The Morgan fingerprint density at radius 3 is 2.45 bits per heavy atom. The average molecular weight is 151 g/mol. The molecular formula is C9H13NO. The van der Waals surface area contributed by atoms with Gasteiger partial charge in [0.2, 0.25) is 0 Å². The van der Waals surface area contributed by atoms with E-state index < -0.39 is 5.60 Å². The molecule has 0 saturated carbocycles. The molecular weight excluding hydrogens is 138 g/mol. The molecule has 60 valence electrons. The van der Waals surface area contributed by atoms with Crippen LogP contribution in [0.25, 0.3) is 0 Å². The highest BCUT2D eigenvalue weighted by Crippen LogP contribution is 2.16. The van der Waals surface area contributed by atoms with Crippen LogP contribution in [0.4, 0.5) is 0 Å². The van der Waals surface area contributed by atoms with E-state index in [0.29, 0.717) is 0 Å². The molecule has 0 aliphatic rings. The second kappa shape index (κ2) is 2.62. The maximum atomic E-state index is 9.55. The molecule has 0 unspecified atom stereocenters. The van der Waals surface area contributed by atoms with Gasteiger partial charge in [0.05, 0.1) is 5.69 Å². The first-order chi connectivity index (χ1) is 5.00. The van der Waals surface area contributed by atoms with Crippen LogP contribution in [0.3, 0.4) is 0 Å². The van der Waals surface area contributed by atoms with Gasteiger partial charge in [0.15, 0.2) is 0 Å². The molecule has 1 N–H and O–H groups in total. The number of hydrogen-bond acceptors (Lipinski definition) is 2. The Bertz CT molecular complexity index is 250. The molecule has 11 heavy (non-hydrogen) atoms. The number of nitrogens with zero attached hydrogens (tertiary/aromatic N) is 1. The van der Waals surface area contributed by atoms with Crippen molar-refractivity contribution < 1.29 is 5.11 Å². The van der Waals surface area contributed by atoms with Crippen LogP contribution in [0, 0.1) is 6.92 Å². The largest absolute Gasteiger partial charge is 0.384 e. The van der Waals surface area contributed by atoms with Crippen molar-refractivity contribution >= 4 is 0 Å². The summed E-state index contributed by atoms with van der Waals surface area (Å²) >= 11 is 0. The maximum absolute atomic E-state index is 9.55. The van der Waals surface area contributed by atoms with Crippen LogP contribution in [0.5, 0.6) is 0 Å². The smallest absolute Gasteiger partial charge is 0.101 e. The average Bonchev–Trinajstić information content (AvgIpc) is 1.86. The van der Waals surface area contributed by atoms with Gasteiger partial charge in [0.1, 0.15) is 5.60 Å². The second-order valence-electron chi connectivity index (χ2n) is 3.28. The Balaban J connectivity index is 3.06. The van der Waals surface area contributed by atoms with Crippen LogP contribution >= 0.6 is 0 Å². The topological polar surface area (TPSA) is 33.1 Å². The minimum absolute atomic E-state index is 0.720. The van der Waals surface area contributed by atoms with Crippen molar-refractivity contribution in [3.63, 3.8) is 0 Å². The van der Waals surface area contributed by atoms with E-state index >= 15 is 0 Å². The Kier molecular flexibility index (Phi) is 1.96. The monoisotopic (exact) mass is 151 g/mol. The van der Waals surface area contributed by atoms with E-state index in [9.17, 15) is 5.11 Å². The van der Waals surface area contributed by atoms with E-state index in [2.05, 4.69) is 4.98 Å². The number of rotatable bonds is 1. The zero-order chi connectivity index (χ0) is 8.48. The van der Waals surface area contributed by atoms with Crippen molar-refractivity contribution in [3.8, 4) is 0 Å². The quantitative estimate of drug-likeness (QED) is 0.661. The molecule has 0 aliphatic carbocycles. The van der Waals surface area contributed by atoms with E-state index in [-0.39, 0.29) is 0 Å². The molecule has 1 rings (SSSR count). The second-order valence-corrected chi connectivity index (χ2v) is 3.28. The standard InChI is InChI=1S/C9H13NO/c1-7-4-5-10-8(6-7)9(2,3)11/h4-6,11H,1-3H3. The van der Waals surface area contributed by atoms with Crippen molar-refractivity contribution in [2.45, 2.75) is 26.4 Å². The third-order valence-electron chi connectivity index (χ3n) is 1.54. The first-order valence-corrected chi connectivity index (χ1v) is 3.65. The lowest BCUT2D eigenvalue weighted by molar-refractivity contribution is 0.0738. The lowest BCUT2D eigenvalue weighted by Gasteiger charge is -2.16. The first kappa shape index (κ1) is 8.21. The Hall–Kier alpha value is -0.890. The minimum atomic E-state index is -0.827. The van der Waals surface area contributed by atoms with Gasteiger partial charge in [-0.25, -0.2) is 0 Å². The SMILES string of the molecule is Cc1ccnc(C(C)(C)O)c1. The van der Waals surface area contributed by atoms with Crippen LogP contribution < -0.4 is 0 Å². The van der Waals surface area contributed by atoms with Gasteiger partial charge in [-0.3, -0.25) is 4.98 Å². The van der Waals surface area contributed by atoms with Crippen molar-refractivity contribution in [3.05, 3.63) is 29.6 Å². The molecule has 0 radical (unpaired) electrons. The van der Waals surface area contributed by atoms with Crippen molar-refractivity contribution in [2.75, 3.05) is 0 Å². The highest BCUT2D eigenvalue weighted by Gasteiger charge is 2.16. The summed E-state index contributed by atoms with van der Waals surface area (Å²) in [6, 6.07) is 3.80. The molecule has 0 bridgehead atoms. The van der Waals surface area contributed by atoms with E-state index in [1.807, 2.05) is 19.1 Å². The van der Waals surface area contributed by atoms with Gasteiger partial charge in [0.25, 0.3) is 0 Å². The molecule has 2 nitrogen and oxygen atoms in total. The summed E-state index contributed by atoms with van der Waals surface area (Å²) in [5.41, 5.74) is 1.01. The Labute approximate surface area is 66.9 Å². The summed E-state index contributed by atoms with van der Waals surface area (Å²) in [5.74, 6) is 0. The number of pyridine rings is 1. The summed E-state index contributed by atoms with van der Waals surface area (Å²) < 4.78 is 0. The van der Waals surface area contributed by atoms with Crippen LogP contribution in [0.15, 0.2) is 18.3 Å². The summed E-state index contributed by atoms with van der Waals surface area (Å²) in [7, 11) is 0. The lowest BCUT2D eigenvalue weighted by atomic mass is 10.0. The number of aliphatic hydroxyl groups is 1. The fourth-order valence-electron chi connectivity index (χ4n) is 0.871. The zero-order valence-electron chi connectivity index (χ0n) is 7.13. The molecule has 0 spiro atoms. The summed E-state index contributed by atoms with van der Waals surface area (Å²) in [6.45, 7) is 5.44. The Morgan fingerprint density at radius 2 is 2.09 bits per heavy atom. The maximum Gasteiger partial charge on any atom is 0.101 e. The summed E-state index contributed by atoms with van der Waals surface area (Å²) in [5, 5.41) is 9.55. The fourth-order valence-corrected chi connectivity index (χ4v) is 0.871. The highest BCUT2D eigenvalue weighted by molar-refractivity contribution is 5.18. The third-order valence-corrected chi connectivity index (χ3v) is 1.54. The molecule has 1 aromatic heterocycles. The van der Waals surface area contributed by atoms with E-state index in [0.717, 1.165) is 11.3 Å². The molecule has 0 aromatic carbocycles. The van der Waals surface area contributed by atoms with Crippen LogP contribution in [-0.4, -0.2) is 10.1 Å². The number of hydrogen-bond donors (Lipinski definition) is 1. The van der Waals surface area contributed by atoms with Crippen LogP contribution in [-0.2, 0) is 5.60 Å². The predicted octanol–water partition coefficient (Wildman–Crippen LogP) is 1.62. The lowest BCUT2D eigenvalue weighted by Crippen LogP contribution is -2.17. The predicted molar refractivity (Wildman–Crippen MR) is 44.2 cm³/mol. The van der Waals surface area contributed by atoms with Gasteiger partial charge >= 0.3 is 0 Å². The minimum Gasteiger partial charge on any atom is -0.384 e. The number of aryl methyl sites for hydroxylation is 1. The molecule has 0 saturated heterocycles. The Morgan fingerprint density at radius 1 is 1.45 bits per heavy atom. The van der Waals surface area contributed by atoms with Crippen molar-refractivity contribution in [2.24, 2.45) is 0 Å². The third kappa shape index (κ3) is 2.02. The van der Waals surface area contributed by atoms with Crippen molar-refractivity contribution in [1.82, 2.24) is 4.98 Å². The zero-order valence-corrected chi connectivity index (χ0v) is 7.13. The normalized spacial score (nSPS) is 11.6. The van der Waals surface area contributed by atoms with Gasteiger partial charge in [0, 0.05) is 6.20 Å². The van der Waals surface area contributed by atoms with E-state index in [1.165, 1.54) is 0 Å². The van der Waals surface area contributed by atoms with Gasteiger partial charge < -0.3 is 5.11 Å². The molecule has 2 heteroatoms. The van der Waals surface area contributed by atoms with Crippen LogP contribution in [0.1, 0.15) is 25.1 Å². The van der Waals surface area contributed by atoms with Crippen LogP contribution in [0.2, 0.25) is 0 Å². The highest BCUT2D eigenvalue weighted by atomic mass is 16.3. The summed E-state index contributed by atoms with van der Waals surface area (Å²) in [6.07, 6.45) is 1.71. The van der Waals surface area contributed by atoms with E-state index in [1.54, 1.807) is 20.0 Å². The fraction of sp³-hybridized carbons (Fsp3) is 0.444. The number of aromatic nitrogens is 1. The van der Waals surface area contributed by atoms with Gasteiger partial charge in [-0.2, -0.15) is 0 Å². The molecule has 1 heterocycles. The first-order valence-electron chi connectivity index (χ1n) is 3.65. The van der Waals surface area contributed by atoms with Gasteiger partial charge in [-0.1, -0.05) is 0 Å². The van der Waals surface area contributed by atoms with Crippen molar-refractivity contribution in [1.29, 1.82) is 0 Å². The van der Waals surface area contributed by atoms with Gasteiger partial charge in [-0.15, -0.1) is 0 Å². The van der Waals surface area contributed by atoms with E-state index in [4.69, 9.17) is 0 Å². The summed E-state index contributed by atoms with van der Waals surface area (Å²) in [4.78, 5) is 4.06. The molecule has 0 atom stereocenters. The molecule has 0 fully saturated rings. The molecule has 0 amide bonds. The van der Waals surface area contributed by atoms with Gasteiger partial charge in [-0.05, 0) is 38.5 Å².